The summed E-state index contributed by atoms with van der Waals surface area (Å²) >= 11 is 0. The van der Waals surface area contributed by atoms with Crippen LogP contribution in [0.5, 0.6) is 0 Å². The van der Waals surface area contributed by atoms with E-state index >= 15 is 0 Å². The predicted octanol–water partition coefficient (Wildman–Crippen LogP) is 10.1. The van der Waals surface area contributed by atoms with E-state index in [1.165, 1.54) is 11.1 Å². The number of rotatable bonds is 35. The number of phosphoric ester groups is 1. The lowest BCUT2D eigenvalue weighted by Crippen LogP contribution is -2.37. The molecule has 0 amide bonds. The second-order valence-electron chi connectivity index (χ2n) is 16.0. The number of ketones is 1. The molecule has 0 aromatic carbocycles. The van der Waals surface area contributed by atoms with E-state index < -0.39 is 32.5 Å². The fraction of sp³-hybridized carbons (Fsp3) is 0.674. The molecule has 1 unspecified atom stereocenters. The third kappa shape index (κ3) is 28.4. The van der Waals surface area contributed by atoms with Gasteiger partial charge in [-0.15, -0.1) is 0 Å². The van der Waals surface area contributed by atoms with Crippen molar-refractivity contribution in [3.8, 4) is 0 Å². The summed E-state index contributed by atoms with van der Waals surface area (Å²) in [6.07, 6.45) is 29.9. The summed E-state index contributed by atoms with van der Waals surface area (Å²) in [4.78, 5) is 49.3. The second kappa shape index (κ2) is 31.8. The van der Waals surface area contributed by atoms with Crippen molar-refractivity contribution in [2.24, 2.45) is 0 Å². The summed E-state index contributed by atoms with van der Waals surface area (Å²) in [5.41, 5.74) is 2.55. The Balaban J connectivity index is 2.43. The van der Waals surface area contributed by atoms with Gasteiger partial charge >= 0.3 is 11.9 Å². The first-order valence-corrected chi connectivity index (χ1v) is 23.1. The fourth-order valence-electron chi connectivity index (χ4n) is 5.82. The van der Waals surface area contributed by atoms with Gasteiger partial charge in [-0.1, -0.05) is 94.9 Å². The maximum atomic E-state index is 12.7. The molecule has 1 aromatic heterocycles. The third-order valence-electron chi connectivity index (χ3n) is 9.50. The molecule has 11 nitrogen and oxygen atoms in total. The van der Waals surface area contributed by atoms with Gasteiger partial charge in [0, 0.05) is 32.1 Å². The Morgan fingerprint density at radius 1 is 0.707 bits per heavy atom. The standard InChI is InChI=1S/C46H76NO10P/c1-8-10-24-30-41(48)31-25-20-16-14-12-11-13-15-17-22-27-33-45(49)53-37-42(38-55-58(51,52)54-36-35-47(5,6)7)56-46(50)34-28-23-19-18-21-26-32-44-40(4)39(3)43(57-44)29-9-2/h11-12,15-17,20,25,31,42H,8-10,13-14,18-19,21-24,26-30,32-38H2,1-7H3/b12-11-,17-15-,20-16-,31-25+/t42-/m1/s1. The van der Waals surface area contributed by atoms with Crippen LogP contribution in [0.1, 0.15) is 146 Å². The van der Waals surface area contributed by atoms with Crippen LogP contribution in [0, 0.1) is 13.8 Å². The molecule has 1 heterocycles. The summed E-state index contributed by atoms with van der Waals surface area (Å²) in [6, 6.07) is 0. The fourth-order valence-corrected chi connectivity index (χ4v) is 6.55. The minimum atomic E-state index is -4.67. The van der Waals surface area contributed by atoms with Crippen LogP contribution in [0.25, 0.3) is 0 Å². The summed E-state index contributed by atoms with van der Waals surface area (Å²) in [5, 5.41) is 0. The molecule has 330 valence electrons. The zero-order valence-corrected chi connectivity index (χ0v) is 37.8. The molecule has 0 spiro atoms. The first-order chi connectivity index (χ1) is 27.7. The van der Waals surface area contributed by atoms with Gasteiger partial charge in [-0.25, -0.2) is 0 Å². The summed E-state index contributed by atoms with van der Waals surface area (Å²) < 4.78 is 39.9. The number of carbonyl (C=O) groups excluding carboxylic acids is 3. The molecule has 12 heteroatoms. The van der Waals surface area contributed by atoms with E-state index in [0.29, 0.717) is 36.7 Å². The van der Waals surface area contributed by atoms with Gasteiger partial charge in [-0.3, -0.25) is 18.9 Å². The largest absolute Gasteiger partial charge is 0.756 e. The zero-order chi connectivity index (χ0) is 43.1. The third-order valence-corrected chi connectivity index (χ3v) is 10.5. The van der Waals surface area contributed by atoms with Crippen molar-refractivity contribution < 1.29 is 51.3 Å². The Kier molecular flexibility index (Phi) is 29.0. The second-order valence-corrected chi connectivity index (χ2v) is 17.4. The van der Waals surface area contributed by atoms with Crippen LogP contribution in [0.4, 0.5) is 0 Å². The van der Waals surface area contributed by atoms with Crippen LogP contribution in [-0.4, -0.2) is 75.8 Å². The molecule has 0 aliphatic rings. The number of allylic oxidation sites excluding steroid dienone is 8. The van der Waals surface area contributed by atoms with Crippen LogP contribution in [0.15, 0.2) is 53.0 Å². The van der Waals surface area contributed by atoms with Gasteiger partial charge in [-0.05, 0) is 82.4 Å². The maximum Gasteiger partial charge on any atom is 0.306 e. The van der Waals surface area contributed by atoms with Crippen LogP contribution in [0.2, 0.25) is 0 Å². The average molecular weight is 834 g/mol. The minimum Gasteiger partial charge on any atom is -0.756 e. The van der Waals surface area contributed by atoms with Crippen LogP contribution in [-0.2, 0) is 50.3 Å². The number of likely N-dealkylation sites (N-methyl/N-ethyl adjacent to an activating group) is 1. The lowest BCUT2D eigenvalue weighted by molar-refractivity contribution is -0.870. The first-order valence-electron chi connectivity index (χ1n) is 21.7. The predicted molar refractivity (Wildman–Crippen MR) is 230 cm³/mol. The van der Waals surface area contributed by atoms with Gasteiger partial charge in [0.2, 0.25) is 0 Å². The van der Waals surface area contributed by atoms with Crippen molar-refractivity contribution in [3.63, 3.8) is 0 Å². The van der Waals surface area contributed by atoms with Crippen molar-refractivity contribution in [2.75, 3.05) is 47.5 Å². The molecule has 0 aliphatic carbocycles. The number of unbranched alkanes of at least 4 members (excludes halogenated alkanes) is 8. The van der Waals surface area contributed by atoms with Gasteiger partial charge < -0.3 is 32.3 Å². The van der Waals surface area contributed by atoms with Crippen molar-refractivity contribution in [2.45, 2.75) is 156 Å². The highest BCUT2D eigenvalue weighted by molar-refractivity contribution is 7.45. The lowest BCUT2D eigenvalue weighted by Gasteiger charge is -2.28. The highest BCUT2D eigenvalue weighted by Crippen LogP contribution is 2.38. The smallest absolute Gasteiger partial charge is 0.306 e. The van der Waals surface area contributed by atoms with Crippen LogP contribution in [0.3, 0.4) is 0 Å². The van der Waals surface area contributed by atoms with E-state index in [1.54, 1.807) is 12.2 Å². The van der Waals surface area contributed by atoms with E-state index in [4.69, 9.17) is 22.9 Å². The Labute approximate surface area is 350 Å². The SMILES string of the molecule is CCCCCC(=O)/C=C/C=C\C/C=C\C/C=C\CCCC(=O)OC[C@H](COP(=O)([O-])OCC[N+](C)(C)C)OC(=O)CCCCCCCCc1oc(CCC)c(C)c1C. The number of hydrogen-bond donors (Lipinski definition) is 0. The number of nitrogens with zero attached hydrogens (tertiary/aromatic N) is 1. The Bertz CT molecular complexity index is 1470. The van der Waals surface area contributed by atoms with Crippen molar-refractivity contribution in [1.82, 2.24) is 0 Å². The molecule has 0 N–H and O–H groups in total. The zero-order valence-electron chi connectivity index (χ0n) is 36.9. The van der Waals surface area contributed by atoms with E-state index in [0.717, 1.165) is 95.0 Å². The van der Waals surface area contributed by atoms with Gasteiger partial charge in [-0.2, -0.15) is 0 Å². The molecule has 58 heavy (non-hydrogen) atoms. The van der Waals surface area contributed by atoms with Crippen LogP contribution < -0.4 is 4.89 Å². The molecule has 1 rings (SSSR count). The maximum absolute atomic E-state index is 12.7. The quantitative estimate of drug-likeness (QED) is 0.0123. The Morgan fingerprint density at radius 2 is 1.33 bits per heavy atom. The molecular weight excluding hydrogens is 757 g/mol. The number of phosphoric acid groups is 1. The molecule has 2 atom stereocenters. The number of quaternary nitrogens is 1. The lowest BCUT2D eigenvalue weighted by atomic mass is 10.0. The van der Waals surface area contributed by atoms with E-state index in [2.05, 4.69) is 39.8 Å². The van der Waals surface area contributed by atoms with Crippen molar-refractivity contribution >= 4 is 25.5 Å². The normalized spacial score (nSPS) is 13.9. The van der Waals surface area contributed by atoms with Gasteiger partial charge in [0.05, 0.1) is 27.7 Å². The average Bonchev–Trinajstić information content (AvgIpc) is 3.42. The summed E-state index contributed by atoms with van der Waals surface area (Å²) in [5.74, 6) is 1.40. The monoisotopic (exact) mass is 834 g/mol. The molecule has 0 bridgehead atoms. The summed E-state index contributed by atoms with van der Waals surface area (Å²) in [7, 11) is 1.06. The van der Waals surface area contributed by atoms with Gasteiger partial charge in [0.25, 0.3) is 7.82 Å². The Hall–Kier alpha value is -3.08. The molecule has 0 fully saturated rings. The molecule has 1 aromatic rings. The number of furan rings is 1. The van der Waals surface area contributed by atoms with Crippen molar-refractivity contribution in [1.29, 1.82) is 0 Å². The molecule has 0 saturated carbocycles. The number of esters is 2. The minimum absolute atomic E-state index is 0.0604. The van der Waals surface area contributed by atoms with E-state index in [-0.39, 0.29) is 31.8 Å². The van der Waals surface area contributed by atoms with E-state index in [9.17, 15) is 23.8 Å². The number of ether oxygens (including phenoxy) is 2. The van der Waals surface area contributed by atoms with Crippen molar-refractivity contribution in [3.05, 3.63) is 71.3 Å². The van der Waals surface area contributed by atoms with Crippen LogP contribution >= 0.6 is 7.82 Å². The highest BCUT2D eigenvalue weighted by atomic mass is 31.2. The molecular formula is C46H76NO10P. The molecule has 0 saturated heterocycles. The highest BCUT2D eigenvalue weighted by Gasteiger charge is 2.22. The topological polar surface area (TPSA) is 141 Å². The first kappa shape index (κ1) is 52.9. The Morgan fingerprint density at radius 3 is 2.02 bits per heavy atom. The number of carbonyl (C=O) groups is 3. The molecule has 0 radical (unpaired) electrons. The van der Waals surface area contributed by atoms with E-state index in [1.807, 2.05) is 45.4 Å². The van der Waals surface area contributed by atoms with Gasteiger partial charge in [0.15, 0.2) is 11.9 Å². The number of hydrogen-bond acceptors (Lipinski definition) is 10. The summed E-state index contributed by atoms with van der Waals surface area (Å²) in [6.45, 7) is 8.11. The molecule has 0 aliphatic heterocycles. The van der Waals surface area contributed by atoms with Gasteiger partial charge in [0.1, 0.15) is 31.3 Å². The number of aryl methyl sites for hydroxylation is 2.